The molecule has 122 valence electrons. The minimum absolute atomic E-state index is 0.211. The van der Waals surface area contributed by atoms with Crippen molar-refractivity contribution in [3.8, 4) is 22.5 Å². The second-order valence-electron chi connectivity index (χ2n) is 5.66. The van der Waals surface area contributed by atoms with Gasteiger partial charge in [-0.25, -0.2) is 8.78 Å². The lowest BCUT2D eigenvalue weighted by Crippen LogP contribution is -1.91. The van der Waals surface area contributed by atoms with Crippen molar-refractivity contribution in [2.45, 2.75) is 0 Å². The van der Waals surface area contributed by atoms with Gasteiger partial charge in [0, 0.05) is 28.8 Å². The summed E-state index contributed by atoms with van der Waals surface area (Å²) in [5.74, 6) is -0.974. The maximum absolute atomic E-state index is 14.3. The van der Waals surface area contributed by atoms with Crippen LogP contribution in [0, 0.1) is 11.6 Å². The van der Waals surface area contributed by atoms with Crippen molar-refractivity contribution in [1.82, 2.24) is 19.6 Å². The van der Waals surface area contributed by atoms with Gasteiger partial charge in [0.15, 0.2) is 0 Å². The summed E-state index contributed by atoms with van der Waals surface area (Å²) in [4.78, 5) is 4.39. The van der Waals surface area contributed by atoms with Gasteiger partial charge >= 0.3 is 5.84 Å². The molecule has 25 heavy (non-hydrogen) atoms. The van der Waals surface area contributed by atoms with Gasteiger partial charge in [-0.3, -0.25) is 9.50 Å². The molecule has 0 amide bonds. The zero-order valence-corrected chi connectivity index (χ0v) is 12.7. The minimum Gasteiger partial charge on any atom is -0.432 e. The molecule has 0 unspecified atom stereocenters. The Morgan fingerprint density at radius 1 is 1.08 bits per heavy atom. The molecule has 0 saturated heterocycles. The Morgan fingerprint density at radius 3 is 2.88 bits per heavy atom. The van der Waals surface area contributed by atoms with E-state index in [2.05, 4.69) is 15.2 Å². The van der Waals surface area contributed by atoms with Crippen molar-refractivity contribution in [2.75, 3.05) is 0 Å². The quantitative estimate of drug-likeness (QED) is 0.519. The van der Waals surface area contributed by atoms with E-state index in [0.717, 1.165) is 22.5 Å². The average Bonchev–Trinajstić information content (AvgIpc) is 3.29. The molecule has 0 bridgehead atoms. The third kappa shape index (κ3) is 2.06. The summed E-state index contributed by atoms with van der Waals surface area (Å²) in [6.07, 6.45) is 4.93. The standard InChI is InChI=1S/C18H10F2N4O/c19-12-2-3-13(14(20)8-12)16-17(24-5-6-25-18(24)22-16)10-1-4-15-11(7-10)9-21-23-15/h1-9H,(H,21,23). The first-order chi connectivity index (χ1) is 12.2. The topological polar surface area (TPSA) is 59.1 Å². The van der Waals surface area contributed by atoms with Crippen LogP contribution in [0.5, 0.6) is 0 Å². The van der Waals surface area contributed by atoms with E-state index >= 15 is 0 Å². The number of nitrogens with one attached hydrogen (secondary N) is 1. The molecule has 5 aromatic rings. The van der Waals surface area contributed by atoms with Crippen LogP contribution in [0.15, 0.2) is 59.5 Å². The molecule has 0 aliphatic rings. The number of aromatic nitrogens is 4. The third-order valence-corrected chi connectivity index (χ3v) is 4.16. The highest BCUT2D eigenvalue weighted by Gasteiger charge is 2.20. The summed E-state index contributed by atoms with van der Waals surface area (Å²) in [6.45, 7) is 0. The second-order valence-corrected chi connectivity index (χ2v) is 5.66. The molecule has 3 heterocycles. The maximum atomic E-state index is 14.3. The van der Waals surface area contributed by atoms with Crippen molar-refractivity contribution in [2.24, 2.45) is 0 Å². The van der Waals surface area contributed by atoms with Crippen molar-refractivity contribution >= 4 is 16.7 Å². The zero-order valence-electron chi connectivity index (χ0n) is 12.7. The minimum atomic E-state index is -0.675. The lowest BCUT2D eigenvalue weighted by molar-refractivity contribution is 0.585. The van der Waals surface area contributed by atoms with E-state index in [1.165, 1.54) is 18.4 Å². The molecule has 0 spiro atoms. The van der Waals surface area contributed by atoms with E-state index in [1.54, 1.807) is 16.8 Å². The molecule has 0 aliphatic carbocycles. The zero-order chi connectivity index (χ0) is 17.0. The van der Waals surface area contributed by atoms with Gasteiger partial charge < -0.3 is 4.42 Å². The van der Waals surface area contributed by atoms with Crippen LogP contribution in [0.2, 0.25) is 0 Å². The highest BCUT2D eigenvalue weighted by atomic mass is 19.1. The highest BCUT2D eigenvalue weighted by Crippen LogP contribution is 2.35. The van der Waals surface area contributed by atoms with E-state index < -0.39 is 11.6 Å². The molecule has 3 aromatic heterocycles. The number of imidazole rings is 1. The Hall–Kier alpha value is -3.48. The van der Waals surface area contributed by atoms with Crippen molar-refractivity contribution < 1.29 is 13.2 Å². The molecule has 0 radical (unpaired) electrons. The number of rotatable bonds is 2. The van der Waals surface area contributed by atoms with Gasteiger partial charge in [0.05, 0.1) is 17.4 Å². The molecule has 7 heteroatoms. The molecular weight excluding hydrogens is 326 g/mol. The van der Waals surface area contributed by atoms with Gasteiger partial charge in [0.2, 0.25) is 0 Å². The average molecular weight is 336 g/mol. The molecule has 5 nitrogen and oxygen atoms in total. The first-order valence-corrected chi connectivity index (χ1v) is 7.55. The Labute approximate surface area is 139 Å². The molecule has 0 saturated carbocycles. The van der Waals surface area contributed by atoms with Gasteiger partial charge in [-0.05, 0) is 24.3 Å². The second kappa shape index (κ2) is 5.01. The number of oxazole rings is 1. The van der Waals surface area contributed by atoms with E-state index in [1.807, 2.05) is 18.2 Å². The van der Waals surface area contributed by atoms with E-state index in [0.29, 0.717) is 17.2 Å². The monoisotopic (exact) mass is 336 g/mol. The van der Waals surface area contributed by atoms with Gasteiger partial charge in [-0.15, -0.1) is 0 Å². The summed E-state index contributed by atoms with van der Waals surface area (Å²) >= 11 is 0. The molecule has 0 fully saturated rings. The first kappa shape index (κ1) is 13.9. The lowest BCUT2D eigenvalue weighted by Gasteiger charge is -2.06. The number of hydrogen-bond acceptors (Lipinski definition) is 3. The van der Waals surface area contributed by atoms with E-state index in [4.69, 9.17) is 4.42 Å². The van der Waals surface area contributed by atoms with Crippen LogP contribution in [0.4, 0.5) is 8.78 Å². The fourth-order valence-corrected chi connectivity index (χ4v) is 3.02. The summed E-state index contributed by atoms with van der Waals surface area (Å²) < 4.78 is 34.7. The predicted molar refractivity (Wildman–Crippen MR) is 87.9 cm³/mol. The Balaban J connectivity index is 1.82. The normalized spacial score (nSPS) is 11.6. The fraction of sp³-hybridized carbons (Fsp3) is 0. The first-order valence-electron chi connectivity index (χ1n) is 7.55. The van der Waals surface area contributed by atoms with Gasteiger partial charge in [-0.2, -0.15) is 10.1 Å². The SMILES string of the molecule is Fc1ccc(-c2nc3occn3c2-c2ccc3[nH]ncc3c2)c(F)c1. The molecule has 0 aliphatic heterocycles. The van der Waals surface area contributed by atoms with Crippen molar-refractivity contribution in [3.63, 3.8) is 0 Å². The Morgan fingerprint density at radius 2 is 2.00 bits per heavy atom. The molecule has 2 aromatic carbocycles. The van der Waals surface area contributed by atoms with Gasteiger partial charge in [-0.1, -0.05) is 6.07 Å². The van der Waals surface area contributed by atoms with Crippen molar-refractivity contribution in [3.05, 3.63) is 66.7 Å². The number of fused-ring (bicyclic) bond motifs is 2. The van der Waals surface area contributed by atoms with Crippen LogP contribution in [0.25, 0.3) is 39.3 Å². The van der Waals surface area contributed by atoms with Crippen LogP contribution in [-0.4, -0.2) is 19.6 Å². The van der Waals surface area contributed by atoms with E-state index in [9.17, 15) is 8.78 Å². The summed E-state index contributed by atoms with van der Waals surface area (Å²) in [7, 11) is 0. The van der Waals surface area contributed by atoms with Crippen LogP contribution in [0.1, 0.15) is 0 Å². The lowest BCUT2D eigenvalue weighted by atomic mass is 10.0. The number of hydrogen-bond donors (Lipinski definition) is 1. The number of nitrogens with zero attached hydrogens (tertiary/aromatic N) is 3. The van der Waals surface area contributed by atoms with Crippen LogP contribution >= 0.6 is 0 Å². The summed E-state index contributed by atoms with van der Waals surface area (Å²) in [6, 6.07) is 9.15. The fourth-order valence-electron chi connectivity index (χ4n) is 3.02. The molecular formula is C18H10F2N4O. The van der Waals surface area contributed by atoms with Crippen LogP contribution < -0.4 is 0 Å². The number of H-pyrrole nitrogens is 1. The highest BCUT2D eigenvalue weighted by molar-refractivity contribution is 5.88. The summed E-state index contributed by atoms with van der Waals surface area (Å²) in [5, 5.41) is 7.82. The molecule has 1 N–H and O–H groups in total. The predicted octanol–water partition coefficient (Wildman–Crippen LogP) is 4.42. The Bertz CT molecular complexity index is 1230. The number of aromatic amines is 1. The van der Waals surface area contributed by atoms with E-state index in [-0.39, 0.29) is 5.56 Å². The largest absolute Gasteiger partial charge is 0.432 e. The molecule has 5 rings (SSSR count). The third-order valence-electron chi connectivity index (χ3n) is 4.16. The van der Waals surface area contributed by atoms with Crippen molar-refractivity contribution in [1.29, 1.82) is 0 Å². The number of halogens is 2. The van der Waals surface area contributed by atoms with Gasteiger partial charge in [0.25, 0.3) is 0 Å². The molecule has 0 atom stereocenters. The maximum Gasteiger partial charge on any atom is 0.306 e. The van der Waals surface area contributed by atoms with Crippen LogP contribution in [-0.2, 0) is 0 Å². The number of benzene rings is 2. The Kier molecular flexibility index (Phi) is 2.79. The van der Waals surface area contributed by atoms with Gasteiger partial charge in [0.1, 0.15) is 23.6 Å². The smallest absolute Gasteiger partial charge is 0.306 e. The van der Waals surface area contributed by atoms with Crippen LogP contribution in [0.3, 0.4) is 0 Å². The summed E-state index contributed by atoms with van der Waals surface area (Å²) in [5.41, 5.74) is 2.98.